The highest BCUT2D eigenvalue weighted by molar-refractivity contribution is 9.10. The number of carbonyl (C=O) groups excluding carboxylic acids is 1. The van der Waals surface area contributed by atoms with E-state index in [2.05, 4.69) is 15.9 Å². The fourth-order valence-corrected chi connectivity index (χ4v) is 1.66. The zero-order valence-electron chi connectivity index (χ0n) is 8.40. The fraction of sp³-hybridized carbons (Fsp3) is 0.364. The molecule has 76 valence electrons. The van der Waals surface area contributed by atoms with Crippen LogP contribution in [-0.4, -0.2) is 10.1 Å². The van der Waals surface area contributed by atoms with Crippen LogP contribution in [0, 0.1) is 6.92 Å². The van der Waals surface area contributed by atoms with Crippen molar-refractivity contribution in [3.05, 3.63) is 34.3 Å². The first kappa shape index (κ1) is 11.7. The number of halogens is 2. The Labute approximate surface area is 97.6 Å². The molecule has 1 aromatic carbocycles. The molecule has 0 saturated carbocycles. The Kier molecular flexibility index (Phi) is 3.38. The molecule has 3 heteroatoms. The van der Waals surface area contributed by atoms with E-state index in [9.17, 15) is 4.79 Å². The van der Waals surface area contributed by atoms with Crippen LogP contribution < -0.4 is 0 Å². The van der Waals surface area contributed by atoms with Gasteiger partial charge in [-0.3, -0.25) is 4.79 Å². The number of alkyl halides is 1. The Morgan fingerprint density at radius 1 is 1.43 bits per heavy atom. The number of benzene rings is 1. The van der Waals surface area contributed by atoms with Crippen molar-refractivity contribution in [3.63, 3.8) is 0 Å². The molecule has 0 aliphatic carbocycles. The van der Waals surface area contributed by atoms with Crippen LogP contribution in [0.15, 0.2) is 18.2 Å². The second kappa shape index (κ2) is 4.03. The van der Waals surface area contributed by atoms with Crippen LogP contribution in [-0.2, 0) is 0 Å². The van der Waals surface area contributed by atoms with Crippen LogP contribution in [0.2, 0.25) is 5.02 Å². The summed E-state index contributed by atoms with van der Waals surface area (Å²) in [6.07, 6.45) is 0. The standard InChI is InChI=1S/C11H12BrClO/c1-7-4-5-8(9(13)6-7)10(14)11(2,3)12/h4-6H,1-3H3. The highest BCUT2D eigenvalue weighted by Crippen LogP contribution is 2.27. The van der Waals surface area contributed by atoms with Gasteiger partial charge in [-0.15, -0.1) is 0 Å². The summed E-state index contributed by atoms with van der Waals surface area (Å²) < 4.78 is -0.564. The van der Waals surface area contributed by atoms with Crippen LogP contribution in [0.3, 0.4) is 0 Å². The number of hydrogen-bond acceptors (Lipinski definition) is 1. The molecule has 0 heterocycles. The summed E-state index contributed by atoms with van der Waals surface area (Å²) in [5.74, 6) is 0.00231. The summed E-state index contributed by atoms with van der Waals surface area (Å²) in [7, 11) is 0. The molecular weight excluding hydrogens is 263 g/mol. The topological polar surface area (TPSA) is 17.1 Å². The van der Waals surface area contributed by atoms with E-state index in [0.29, 0.717) is 10.6 Å². The third kappa shape index (κ3) is 2.58. The molecule has 0 unspecified atom stereocenters. The van der Waals surface area contributed by atoms with Crippen molar-refractivity contribution >= 4 is 33.3 Å². The van der Waals surface area contributed by atoms with Crippen molar-refractivity contribution in [2.45, 2.75) is 25.1 Å². The summed E-state index contributed by atoms with van der Waals surface area (Å²) in [4.78, 5) is 11.9. The lowest BCUT2D eigenvalue weighted by molar-refractivity contribution is 0.0961. The Hall–Kier alpha value is -0.340. The molecule has 0 aliphatic rings. The van der Waals surface area contributed by atoms with Crippen LogP contribution in [0.1, 0.15) is 29.8 Å². The first-order valence-electron chi connectivity index (χ1n) is 4.32. The molecule has 0 N–H and O–H groups in total. The summed E-state index contributed by atoms with van der Waals surface area (Å²) in [5, 5.41) is 0.516. The maximum Gasteiger partial charge on any atom is 0.180 e. The van der Waals surface area contributed by atoms with Crippen molar-refractivity contribution in [2.75, 3.05) is 0 Å². The quantitative estimate of drug-likeness (QED) is 0.589. The molecule has 0 atom stereocenters. The minimum atomic E-state index is -0.564. The normalized spacial score (nSPS) is 11.5. The van der Waals surface area contributed by atoms with Gasteiger partial charge >= 0.3 is 0 Å². The zero-order chi connectivity index (χ0) is 10.9. The van der Waals surface area contributed by atoms with Crippen LogP contribution in [0.4, 0.5) is 0 Å². The lowest BCUT2D eigenvalue weighted by atomic mass is 10.00. The van der Waals surface area contributed by atoms with E-state index in [1.54, 1.807) is 12.1 Å². The maximum absolute atomic E-state index is 11.9. The number of ketones is 1. The average Bonchev–Trinajstić information content (AvgIpc) is 2.01. The number of hydrogen-bond donors (Lipinski definition) is 0. The Morgan fingerprint density at radius 3 is 2.43 bits per heavy atom. The Bertz CT molecular complexity index is 366. The molecule has 0 saturated heterocycles. The Balaban J connectivity index is 3.15. The molecule has 0 spiro atoms. The smallest absolute Gasteiger partial charge is 0.180 e. The van der Waals surface area contributed by atoms with Crippen molar-refractivity contribution < 1.29 is 4.79 Å². The second-order valence-electron chi connectivity index (χ2n) is 3.78. The summed E-state index contributed by atoms with van der Waals surface area (Å²) in [6.45, 7) is 5.57. The maximum atomic E-state index is 11.9. The van der Waals surface area contributed by atoms with Gasteiger partial charge in [0.15, 0.2) is 5.78 Å². The molecule has 0 amide bonds. The molecule has 0 fully saturated rings. The van der Waals surface area contributed by atoms with Gasteiger partial charge in [0.25, 0.3) is 0 Å². The molecule has 14 heavy (non-hydrogen) atoms. The molecule has 0 aliphatic heterocycles. The third-order valence-electron chi connectivity index (χ3n) is 1.91. The highest BCUT2D eigenvalue weighted by atomic mass is 79.9. The van der Waals surface area contributed by atoms with Crippen molar-refractivity contribution in [2.24, 2.45) is 0 Å². The molecule has 0 bridgehead atoms. The van der Waals surface area contributed by atoms with Gasteiger partial charge in [0, 0.05) is 5.56 Å². The molecule has 0 radical (unpaired) electrons. The first-order chi connectivity index (χ1) is 6.32. The SMILES string of the molecule is Cc1ccc(C(=O)C(C)(C)Br)c(Cl)c1. The summed E-state index contributed by atoms with van der Waals surface area (Å²) in [5.41, 5.74) is 1.62. The van der Waals surface area contributed by atoms with Crippen molar-refractivity contribution in [3.8, 4) is 0 Å². The minimum absolute atomic E-state index is 0.00231. The lowest BCUT2D eigenvalue weighted by Crippen LogP contribution is -2.24. The van der Waals surface area contributed by atoms with Gasteiger partial charge in [0.1, 0.15) is 0 Å². The molecular formula is C11H12BrClO. The second-order valence-corrected chi connectivity index (χ2v) is 6.17. The largest absolute Gasteiger partial charge is 0.293 e. The van der Waals surface area contributed by atoms with E-state index in [1.165, 1.54) is 0 Å². The summed E-state index contributed by atoms with van der Waals surface area (Å²) in [6, 6.07) is 5.45. The zero-order valence-corrected chi connectivity index (χ0v) is 10.7. The van der Waals surface area contributed by atoms with Crippen molar-refractivity contribution in [1.29, 1.82) is 0 Å². The van der Waals surface area contributed by atoms with E-state index in [4.69, 9.17) is 11.6 Å². The van der Waals surface area contributed by atoms with Crippen LogP contribution in [0.25, 0.3) is 0 Å². The number of carbonyl (C=O) groups is 1. The van der Waals surface area contributed by atoms with Gasteiger partial charge in [-0.1, -0.05) is 33.6 Å². The predicted octanol–water partition coefficient (Wildman–Crippen LogP) is 4.00. The van der Waals surface area contributed by atoms with Crippen LogP contribution >= 0.6 is 27.5 Å². The van der Waals surface area contributed by atoms with Crippen LogP contribution in [0.5, 0.6) is 0 Å². The average molecular weight is 276 g/mol. The number of rotatable bonds is 2. The summed E-state index contributed by atoms with van der Waals surface area (Å²) >= 11 is 9.31. The molecule has 1 nitrogen and oxygen atoms in total. The Morgan fingerprint density at radius 2 is 2.00 bits per heavy atom. The lowest BCUT2D eigenvalue weighted by Gasteiger charge is -2.15. The molecule has 0 aromatic heterocycles. The molecule has 1 aromatic rings. The first-order valence-corrected chi connectivity index (χ1v) is 5.49. The van der Waals surface area contributed by atoms with E-state index in [-0.39, 0.29) is 5.78 Å². The fourth-order valence-electron chi connectivity index (χ4n) is 1.12. The van der Waals surface area contributed by atoms with E-state index in [0.717, 1.165) is 5.56 Å². The number of Topliss-reactive ketones (excluding diaryl/α,β-unsaturated/α-hetero) is 1. The van der Waals surface area contributed by atoms with E-state index >= 15 is 0 Å². The van der Waals surface area contributed by atoms with Gasteiger partial charge in [0.05, 0.1) is 9.35 Å². The third-order valence-corrected chi connectivity index (χ3v) is 2.58. The van der Waals surface area contributed by atoms with Crippen molar-refractivity contribution in [1.82, 2.24) is 0 Å². The minimum Gasteiger partial charge on any atom is -0.293 e. The van der Waals surface area contributed by atoms with E-state index in [1.807, 2.05) is 26.8 Å². The van der Waals surface area contributed by atoms with Gasteiger partial charge in [-0.25, -0.2) is 0 Å². The predicted molar refractivity (Wildman–Crippen MR) is 63.5 cm³/mol. The van der Waals surface area contributed by atoms with Gasteiger partial charge in [-0.2, -0.15) is 0 Å². The van der Waals surface area contributed by atoms with E-state index < -0.39 is 4.32 Å². The van der Waals surface area contributed by atoms with Gasteiger partial charge < -0.3 is 0 Å². The number of aryl methyl sites for hydroxylation is 1. The van der Waals surface area contributed by atoms with Gasteiger partial charge in [0.2, 0.25) is 0 Å². The highest BCUT2D eigenvalue weighted by Gasteiger charge is 2.26. The van der Waals surface area contributed by atoms with Gasteiger partial charge in [-0.05, 0) is 38.5 Å². The molecule has 1 rings (SSSR count). The monoisotopic (exact) mass is 274 g/mol.